The van der Waals surface area contributed by atoms with Gasteiger partial charge in [0.25, 0.3) is 0 Å². The summed E-state index contributed by atoms with van der Waals surface area (Å²) >= 11 is 14.0. The van der Waals surface area contributed by atoms with Crippen molar-refractivity contribution in [3.8, 4) is 0 Å². The number of nitrogens with two attached hydrogens (primary N) is 1. The molecule has 3 N–H and O–H groups in total. The first-order chi connectivity index (χ1) is 9.79. The van der Waals surface area contributed by atoms with Gasteiger partial charge in [-0.05, 0) is 62.5 Å². The molecule has 2 rings (SSSR count). The summed E-state index contributed by atoms with van der Waals surface area (Å²) in [7, 11) is -3.67. The number of sulfonamides is 1. The van der Waals surface area contributed by atoms with E-state index in [4.69, 9.17) is 17.3 Å². The molecule has 0 spiro atoms. The number of nitrogen functional groups attached to an aromatic ring is 1. The van der Waals surface area contributed by atoms with Crippen molar-refractivity contribution < 1.29 is 8.42 Å². The fraction of sp³-hybridized carbons (Fsp3) is 0.167. The molecule has 0 atom stereocenters. The Balaban J connectivity index is 2.12. The Kier molecular flexibility index (Phi) is 5.72. The molecule has 0 fully saturated rings. The van der Waals surface area contributed by atoms with Crippen LogP contribution in [0.25, 0.3) is 0 Å². The number of hydrogen-bond acceptors (Lipinski definition) is 4. The molecule has 0 bridgehead atoms. The highest BCUT2D eigenvalue weighted by molar-refractivity contribution is 9.11. The number of nitrogens with one attached hydrogen (secondary N) is 1. The van der Waals surface area contributed by atoms with E-state index < -0.39 is 10.0 Å². The highest BCUT2D eigenvalue weighted by Crippen LogP contribution is 2.31. The van der Waals surface area contributed by atoms with Crippen molar-refractivity contribution in [1.29, 1.82) is 0 Å². The second kappa shape index (κ2) is 6.97. The molecule has 4 nitrogen and oxygen atoms in total. The lowest BCUT2D eigenvalue weighted by atomic mass is 10.3. The number of anilines is 1. The Bertz CT molecular complexity index is 763. The number of benzene rings is 1. The Morgan fingerprint density at radius 3 is 2.62 bits per heavy atom. The van der Waals surface area contributed by atoms with Gasteiger partial charge in [0.05, 0.1) is 13.2 Å². The van der Waals surface area contributed by atoms with E-state index in [1.807, 2.05) is 12.1 Å². The molecule has 0 radical (unpaired) electrons. The van der Waals surface area contributed by atoms with Gasteiger partial charge in [-0.2, -0.15) is 0 Å². The summed E-state index contributed by atoms with van der Waals surface area (Å²) in [6.07, 6.45) is 0.614. The zero-order valence-electron chi connectivity index (χ0n) is 10.6. The van der Waals surface area contributed by atoms with Crippen LogP contribution in [-0.2, 0) is 16.4 Å². The first-order valence-electron chi connectivity index (χ1n) is 5.78. The highest BCUT2D eigenvalue weighted by Gasteiger charge is 2.19. The first-order valence-corrected chi connectivity index (χ1v) is 10.0. The van der Waals surface area contributed by atoms with Crippen molar-refractivity contribution in [2.45, 2.75) is 11.3 Å². The SMILES string of the molecule is Nc1cc(Cl)cc(S(=O)(=O)NCCc2ccc(Br)s2)c1Br. The number of thiophene rings is 1. The number of hydrogen-bond donors (Lipinski definition) is 2. The maximum Gasteiger partial charge on any atom is 0.241 e. The van der Waals surface area contributed by atoms with E-state index >= 15 is 0 Å². The van der Waals surface area contributed by atoms with E-state index in [-0.39, 0.29) is 15.6 Å². The molecule has 2 aromatic rings. The molecule has 0 aliphatic carbocycles. The lowest BCUT2D eigenvalue weighted by molar-refractivity contribution is 0.581. The Morgan fingerprint density at radius 1 is 1.29 bits per heavy atom. The minimum absolute atomic E-state index is 0.0415. The van der Waals surface area contributed by atoms with Crippen LogP contribution >= 0.6 is 54.8 Å². The Morgan fingerprint density at radius 2 is 2.00 bits per heavy atom. The molecule has 0 amide bonds. The van der Waals surface area contributed by atoms with Gasteiger partial charge in [-0.3, -0.25) is 0 Å². The van der Waals surface area contributed by atoms with Crippen molar-refractivity contribution in [1.82, 2.24) is 4.72 Å². The van der Waals surface area contributed by atoms with Gasteiger partial charge in [0.15, 0.2) is 0 Å². The predicted molar refractivity (Wildman–Crippen MR) is 94.5 cm³/mol. The summed E-state index contributed by atoms with van der Waals surface area (Å²) in [5.74, 6) is 0. The number of rotatable bonds is 5. The van der Waals surface area contributed by atoms with Crippen LogP contribution in [0.4, 0.5) is 5.69 Å². The molecule has 0 aliphatic heterocycles. The smallest absolute Gasteiger partial charge is 0.241 e. The first kappa shape index (κ1) is 17.2. The van der Waals surface area contributed by atoms with Gasteiger partial charge in [0.2, 0.25) is 10.0 Å². The lowest BCUT2D eigenvalue weighted by Crippen LogP contribution is -2.26. The zero-order chi connectivity index (χ0) is 15.6. The summed E-state index contributed by atoms with van der Waals surface area (Å²) in [5.41, 5.74) is 6.00. The minimum Gasteiger partial charge on any atom is -0.398 e. The third-order valence-electron chi connectivity index (χ3n) is 2.61. The fourth-order valence-electron chi connectivity index (χ4n) is 1.65. The monoisotopic (exact) mass is 472 g/mol. The van der Waals surface area contributed by atoms with E-state index in [0.717, 1.165) is 8.66 Å². The van der Waals surface area contributed by atoms with Crippen LogP contribution in [-0.4, -0.2) is 15.0 Å². The molecule has 114 valence electrons. The number of halogens is 3. The topological polar surface area (TPSA) is 72.2 Å². The van der Waals surface area contributed by atoms with Crippen molar-refractivity contribution in [2.75, 3.05) is 12.3 Å². The van der Waals surface area contributed by atoms with Gasteiger partial charge in [0, 0.05) is 22.1 Å². The second-order valence-corrected chi connectivity index (χ2v) is 9.67. The third kappa shape index (κ3) is 4.43. The van der Waals surface area contributed by atoms with Crippen LogP contribution in [0.2, 0.25) is 5.02 Å². The molecule has 21 heavy (non-hydrogen) atoms. The predicted octanol–water partition coefficient (Wildman–Crippen LogP) is 4.03. The van der Waals surface area contributed by atoms with Gasteiger partial charge in [-0.15, -0.1) is 11.3 Å². The minimum atomic E-state index is -3.67. The molecule has 9 heteroatoms. The summed E-state index contributed by atoms with van der Waals surface area (Å²) in [5, 5.41) is 0.276. The van der Waals surface area contributed by atoms with E-state index in [2.05, 4.69) is 36.6 Å². The average molecular weight is 475 g/mol. The molecular formula is C12H11Br2ClN2O2S2. The Hall–Kier alpha value is -0.120. The van der Waals surface area contributed by atoms with Crippen LogP contribution in [0.15, 0.2) is 37.4 Å². The van der Waals surface area contributed by atoms with Crippen LogP contribution in [0.1, 0.15) is 4.88 Å². The van der Waals surface area contributed by atoms with Gasteiger partial charge in [0.1, 0.15) is 0 Å². The summed E-state index contributed by atoms with van der Waals surface area (Å²) in [6.45, 7) is 0.300. The Labute approximate surface area is 149 Å². The average Bonchev–Trinajstić information content (AvgIpc) is 2.79. The molecule has 1 aromatic carbocycles. The van der Waals surface area contributed by atoms with Crippen molar-refractivity contribution in [2.24, 2.45) is 0 Å². The maximum atomic E-state index is 12.3. The summed E-state index contributed by atoms with van der Waals surface area (Å²) in [6, 6.07) is 6.75. The van der Waals surface area contributed by atoms with E-state index in [9.17, 15) is 8.42 Å². The molecular weight excluding hydrogens is 464 g/mol. The van der Waals surface area contributed by atoms with Crippen molar-refractivity contribution >= 4 is 70.5 Å². The largest absolute Gasteiger partial charge is 0.398 e. The standard InChI is InChI=1S/C12H11Br2ClN2O2S2/c13-11-2-1-8(20-11)3-4-17-21(18,19)10-6-7(15)5-9(16)12(10)14/h1-2,5-6,17H,3-4,16H2. The molecule has 0 saturated heterocycles. The van der Waals surface area contributed by atoms with Gasteiger partial charge >= 0.3 is 0 Å². The lowest BCUT2D eigenvalue weighted by Gasteiger charge is -2.10. The molecule has 1 heterocycles. The van der Waals surface area contributed by atoms with E-state index in [1.165, 1.54) is 12.1 Å². The van der Waals surface area contributed by atoms with Crippen LogP contribution in [0.3, 0.4) is 0 Å². The summed E-state index contributed by atoms with van der Waals surface area (Å²) < 4.78 is 28.5. The maximum absolute atomic E-state index is 12.3. The van der Waals surface area contributed by atoms with E-state index in [1.54, 1.807) is 11.3 Å². The van der Waals surface area contributed by atoms with E-state index in [0.29, 0.717) is 17.4 Å². The normalized spacial score (nSPS) is 11.8. The highest BCUT2D eigenvalue weighted by atomic mass is 79.9. The van der Waals surface area contributed by atoms with Crippen LogP contribution in [0.5, 0.6) is 0 Å². The van der Waals surface area contributed by atoms with Gasteiger partial charge in [-0.1, -0.05) is 11.6 Å². The fourth-order valence-corrected chi connectivity index (χ4v) is 5.46. The zero-order valence-corrected chi connectivity index (χ0v) is 16.1. The second-order valence-electron chi connectivity index (χ2n) is 4.16. The summed E-state index contributed by atoms with van der Waals surface area (Å²) in [4.78, 5) is 1.13. The third-order valence-corrected chi connectivity index (χ3v) is 7.15. The van der Waals surface area contributed by atoms with Crippen LogP contribution in [0, 0.1) is 0 Å². The van der Waals surface area contributed by atoms with Gasteiger partial charge < -0.3 is 5.73 Å². The van der Waals surface area contributed by atoms with Crippen molar-refractivity contribution in [3.63, 3.8) is 0 Å². The quantitative estimate of drug-likeness (QED) is 0.643. The van der Waals surface area contributed by atoms with Crippen LogP contribution < -0.4 is 10.5 Å². The molecule has 0 saturated carbocycles. The molecule has 1 aromatic heterocycles. The van der Waals surface area contributed by atoms with Gasteiger partial charge in [-0.25, -0.2) is 13.1 Å². The molecule has 0 aliphatic rings. The molecule has 0 unspecified atom stereocenters. The van der Waals surface area contributed by atoms with Crippen molar-refractivity contribution in [3.05, 3.63) is 42.4 Å².